The van der Waals surface area contributed by atoms with E-state index < -0.39 is 0 Å². The van der Waals surface area contributed by atoms with Crippen LogP contribution in [0.15, 0.2) is 0 Å². The number of methoxy groups -OCH3 is 1. The van der Waals surface area contributed by atoms with Crippen LogP contribution in [0.5, 0.6) is 0 Å². The Morgan fingerprint density at radius 1 is 1.33 bits per heavy atom. The zero-order chi connectivity index (χ0) is 11.3. The van der Waals surface area contributed by atoms with Gasteiger partial charge in [-0.15, -0.1) is 0 Å². The van der Waals surface area contributed by atoms with E-state index in [-0.39, 0.29) is 5.91 Å². The van der Waals surface area contributed by atoms with E-state index in [1.54, 1.807) is 26.1 Å². The molecule has 1 rings (SSSR count). The van der Waals surface area contributed by atoms with Gasteiger partial charge in [-0.25, -0.2) is 0 Å². The van der Waals surface area contributed by atoms with Crippen LogP contribution in [0.4, 0.5) is 0 Å². The van der Waals surface area contributed by atoms with Crippen LogP contribution >= 0.6 is 0 Å². The van der Waals surface area contributed by atoms with Gasteiger partial charge < -0.3 is 15.0 Å². The smallest absolute Gasteiger partial charge is 0.236 e. The molecule has 1 saturated carbocycles. The van der Waals surface area contributed by atoms with Crippen molar-refractivity contribution in [2.24, 2.45) is 0 Å². The molecule has 0 aromatic rings. The Hall–Kier alpha value is -0.610. The molecule has 0 unspecified atom stereocenters. The topological polar surface area (TPSA) is 41.6 Å². The summed E-state index contributed by atoms with van der Waals surface area (Å²) in [4.78, 5) is 13.0. The van der Waals surface area contributed by atoms with Crippen molar-refractivity contribution in [3.8, 4) is 0 Å². The van der Waals surface area contributed by atoms with Gasteiger partial charge in [0.25, 0.3) is 0 Å². The largest absolute Gasteiger partial charge is 0.381 e. The Bertz CT molecular complexity index is 199. The Morgan fingerprint density at radius 3 is 2.40 bits per heavy atom. The van der Waals surface area contributed by atoms with Crippen LogP contribution < -0.4 is 5.32 Å². The first-order valence-electron chi connectivity index (χ1n) is 5.59. The molecule has 0 spiro atoms. The molecule has 1 amide bonds. The Kier molecular flexibility index (Phi) is 5.05. The molecule has 0 radical (unpaired) electrons. The monoisotopic (exact) mass is 214 g/mol. The van der Waals surface area contributed by atoms with Crippen molar-refractivity contribution in [3.63, 3.8) is 0 Å². The van der Waals surface area contributed by atoms with Crippen molar-refractivity contribution in [1.82, 2.24) is 10.2 Å². The molecule has 1 fully saturated rings. The van der Waals surface area contributed by atoms with Crippen molar-refractivity contribution < 1.29 is 9.53 Å². The number of rotatable bonds is 4. The van der Waals surface area contributed by atoms with Gasteiger partial charge in [0, 0.05) is 27.2 Å². The Balaban J connectivity index is 2.16. The zero-order valence-corrected chi connectivity index (χ0v) is 9.95. The molecule has 88 valence electrons. The summed E-state index contributed by atoms with van der Waals surface area (Å²) in [5, 5.41) is 3.30. The molecule has 15 heavy (non-hydrogen) atoms. The Morgan fingerprint density at radius 2 is 1.93 bits per heavy atom. The van der Waals surface area contributed by atoms with Gasteiger partial charge in [-0.1, -0.05) is 0 Å². The maximum Gasteiger partial charge on any atom is 0.236 e. The molecule has 1 N–H and O–H groups in total. The second-order valence-electron chi connectivity index (χ2n) is 4.38. The number of hydrogen-bond donors (Lipinski definition) is 1. The molecule has 1 aliphatic rings. The fourth-order valence-electron chi connectivity index (χ4n) is 1.89. The fraction of sp³-hybridized carbons (Fsp3) is 0.909. The molecule has 0 saturated heterocycles. The number of hydrogen-bond acceptors (Lipinski definition) is 3. The lowest BCUT2D eigenvalue weighted by molar-refractivity contribution is -0.127. The van der Waals surface area contributed by atoms with Crippen LogP contribution in [0.1, 0.15) is 25.7 Å². The SMILES string of the molecule is COC1CCC(NCC(=O)N(C)C)CC1. The molecule has 1 aliphatic carbocycles. The van der Waals surface area contributed by atoms with Crippen molar-refractivity contribution in [2.75, 3.05) is 27.7 Å². The normalized spacial score (nSPS) is 26.3. The maximum absolute atomic E-state index is 11.3. The van der Waals surface area contributed by atoms with Crippen LogP contribution in [0.25, 0.3) is 0 Å². The fourth-order valence-corrected chi connectivity index (χ4v) is 1.89. The van der Waals surface area contributed by atoms with E-state index in [1.165, 1.54) is 0 Å². The quantitative estimate of drug-likeness (QED) is 0.746. The molecule has 0 aliphatic heterocycles. The highest BCUT2D eigenvalue weighted by Crippen LogP contribution is 2.20. The first-order valence-corrected chi connectivity index (χ1v) is 5.59. The summed E-state index contributed by atoms with van der Waals surface area (Å²) < 4.78 is 5.30. The molecular formula is C11H22N2O2. The number of ether oxygens (including phenoxy) is 1. The van der Waals surface area contributed by atoms with E-state index in [0.717, 1.165) is 25.7 Å². The van der Waals surface area contributed by atoms with Gasteiger partial charge in [0.05, 0.1) is 12.6 Å². The molecule has 0 heterocycles. The minimum Gasteiger partial charge on any atom is -0.381 e. The van der Waals surface area contributed by atoms with Crippen molar-refractivity contribution >= 4 is 5.91 Å². The second-order valence-corrected chi connectivity index (χ2v) is 4.38. The van der Waals surface area contributed by atoms with Crippen LogP contribution in [0, 0.1) is 0 Å². The predicted octanol–water partition coefficient (Wildman–Crippen LogP) is 0.622. The third kappa shape index (κ3) is 4.18. The molecule has 4 heteroatoms. The highest BCUT2D eigenvalue weighted by atomic mass is 16.5. The average molecular weight is 214 g/mol. The lowest BCUT2D eigenvalue weighted by Crippen LogP contribution is -2.41. The summed E-state index contributed by atoms with van der Waals surface area (Å²) in [6, 6.07) is 0.486. The van der Waals surface area contributed by atoms with Crippen LogP contribution in [-0.2, 0) is 9.53 Å². The number of likely N-dealkylation sites (N-methyl/N-ethyl adjacent to an activating group) is 1. The summed E-state index contributed by atoms with van der Waals surface area (Å²) >= 11 is 0. The van der Waals surface area contributed by atoms with Gasteiger partial charge >= 0.3 is 0 Å². The van der Waals surface area contributed by atoms with Gasteiger partial charge in [0.1, 0.15) is 0 Å². The third-order valence-corrected chi connectivity index (χ3v) is 3.05. The molecule has 0 aromatic heterocycles. The van der Waals surface area contributed by atoms with Crippen LogP contribution in [-0.4, -0.2) is 50.7 Å². The maximum atomic E-state index is 11.3. The first-order chi connectivity index (χ1) is 7.13. The predicted molar refractivity (Wildman–Crippen MR) is 59.7 cm³/mol. The Labute approximate surface area is 92.0 Å². The van der Waals surface area contributed by atoms with Crippen LogP contribution in [0.3, 0.4) is 0 Å². The second kappa shape index (κ2) is 6.08. The van der Waals surface area contributed by atoms with E-state index in [9.17, 15) is 4.79 Å². The average Bonchev–Trinajstić information content (AvgIpc) is 2.26. The molecule has 0 atom stereocenters. The van der Waals surface area contributed by atoms with E-state index in [4.69, 9.17) is 4.74 Å². The molecule has 0 aromatic carbocycles. The van der Waals surface area contributed by atoms with Gasteiger partial charge in [-0.2, -0.15) is 0 Å². The number of nitrogens with zero attached hydrogens (tertiary/aromatic N) is 1. The lowest BCUT2D eigenvalue weighted by Gasteiger charge is -2.28. The molecular weight excluding hydrogens is 192 g/mol. The summed E-state index contributed by atoms with van der Waals surface area (Å²) in [5.41, 5.74) is 0. The van der Waals surface area contributed by atoms with E-state index >= 15 is 0 Å². The number of carbonyl (C=O) groups is 1. The van der Waals surface area contributed by atoms with Gasteiger partial charge in [-0.3, -0.25) is 4.79 Å². The summed E-state index contributed by atoms with van der Waals surface area (Å²) in [5.74, 6) is 0.142. The zero-order valence-electron chi connectivity index (χ0n) is 9.95. The van der Waals surface area contributed by atoms with Gasteiger partial charge in [-0.05, 0) is 25.7 Å². The number of amides is 1. The van der Waals surface area contributed by atoms with Gasteiger partial charge in [0.2, 0.25) is 5.91 Å². The van der Waals surface area contributed by atoms with Gasteiger partial charge in [0.15, 0.2) is 0 Å². The molecule has 4 nitrogen and oxygen atoms in total. The number of carbonyl (C=O) groups excluding carboxylic acids is 1. The highest BCUT2D eigenvalue weighted by molar-refractivity contribution is 5.77. The summed E-state index contributed by atoms with van der Waals surface area (Å²) in [7, 11) is 5.34. The van der Waals surface area contributed by atoms with E-state index in [0.29, 0.717) is 18.7 Å². The minimum atomic E-state index is 0.142. The summed E-state index contributed by atoms with van der Waals surface area (Å²) in [6.45, 7) is 0.454. The standard InChI is InChI=1S/C11H22N2O2/c1-13(2)11(14)8-12-9-4-6-10(15-3)7-5-9/h9-10,12H,4-8H2,1-3H3. The minimum absolute atomic E-state index is 0.142. The van der Waals surface area contributed by atoms with Crippen molar-refractivity contribution in [1.29, 1.82) is 0 Å². The third-order valence-electron chi connectivity index (χ3n) is 3.05. The number of nitrogens with one attached hydrogen (secondary N) is 1. The summed E-state index contributed by atoms with van der Waals surface area (Å²) in [6.07, 6.45) is 4.85. The van der Waals surface area contributed by atoms with E-state index in [2.05, 4.69) is 5.32 Å². The molecule has 0 bridgehead atoms. The highest BCUT2D eigenvalue weighted by Gasteiger charge is 2.20. The van der Waals surface area contributed by atoms with E-state index in [1.807, 2.05) is 0 Å². The first kappa shape index (κ1) is 12.5. The lowest BCUT2D eigenvalue weighted by atomic mass is 9.93. The van der Waals surface area contributed by atoms with Crippen molar-refractivity contribution in [3.05, 3.63) is 0 Å². The van der Waals surface area contributed by atoms with Crippen LogP contribution in [0.2, 0.25) is 0 Å². The van der Waals surface area contributed by atoms with Crippen molar-refractivity contribution in [2.45, 2.75) is 37.8 Å².